The number of amides is 2. The van der Waals surface area contributed by atoms with Crippen LogP contribution in [0.2, 0.25) is 0 Å². The number of hydrogen-bond donors (Lipinski definition) is 0. The highest BCUT2D eigenvalue weighted by Crippen LogP contribution is 2.21. The first-order valence-corrected chi connectivity index (χ1v) is 5.74. The van der Waals surface area contributed by atoms with Gasteiger partial charge in [0.1, 0.15) is 0 Å². The Balaban J connectivity index is 2.16. The number of carbonyl (C=O) groups excluding carboxylic acids is 2. The number of nitrogens with zero attached hydrogens (tertiary/aromatic N) is 2. The number of fused-ring (bicyclic) bond motifs is 1. The van der Waals surface area contributed by atoms with E-state index in [2.05, 4.69) is 11.9 Å². The molecule has 2 heterocycles. The van der Waals surface area contributed by atoms with Gasteiger partial charge in [0.2, 0.25) is 0 Å². The number of hydrogen-bond acceptors (Lipinski definition) is 3. The van der Waals surface area contributed by atoms with Gasteiger partial charge in [0.05, 0.1) is 11.1 Å². The van der Waals surface area contributed by atoms with Crippen molar-refractivity contribution >= 4 is 11.8 Å². The van der Waals surface area contributed by atoms with Crippen molar-refractivity contribution in [1.82, 2.24) is 9.88 Å². The minimum Gasteiger partial charge on any atom is -0.268 e. The molecule has 1 aromatic heterocycles. The molecular weight excluding hydrogens is 216 g/mol. The van der Waals surface area contributed by atoms with Crippen LogP contribution in [0.25, 0.3) is 0 Å². The average molecular weight is 230 g/mol. The summed E-state index contributed by atoms with van der Waals surface area (Å²) in [6.07, 6.45) is 9.42. The number of rotatable bonds is 4. The van der Waals surface area contributed by atoms with E-state index in [4.69, 9.17) is 0 Å². The van der Waals surface area contributed by atoms with E-state index in [-0.39, 0.29) is 11.8 Å². The quantitative estimate of drug-likeness (QED) is 0.589. The van der Waals surface area contributed by atoms with Gasteiger partial charge in [-0.2, -0.15) is 0 Å². The highest BCUT2D eigenvalue weighted by molar-refractivity contribution is 6.21. The molecule has 0 N–H and O–H groups in total. The van der Waals surface area contributed by atoms with Gasteiger partial charge in [0.15, 0.2) is 0 Å². The molecular formula is C13H14N2O2. The fraction of sp³-hybridized carbons (Fsp3) is 0.308. The molecule has 1 aromatic rings. The lowest BCUT2D eigenvalue weighted by molar-refractivity contribution is 0.0721. The highest BCUT2D eigenvalue weighted by Gasteiger charge is 2.33. The van der Waals surface area contributed by atoms with Crippen molar-refractivity contribution in [1.29, 1.82) is 0 Å². The Morgan fingerprint density at radius 3 is 2.76 bits per heavy atom. The Kier molecular flexibility index (Phi) is 3.32. The van der Waals surface area contributed by atoms with Gasteiger partial charge in [-0.05, 0) is 12.5 Å². The molecule has 0 radical (unpaired) electrons. The standard InChI is InChI=1S/C13H14N2O2/c1-2-3-4-5-8-15-12(16)10-6-7-14-9-11(10)13(15)17/h5-9H,2-4H2,1H3. The van der Waals surface area contributed by atoms with Crippen LogP contribution >= 0.6 is 0 Å². The van der Waals surface area contributed by atoms with Crippen molar-refractivity contribution in [3.8, 4) is 0 Å². The summed E-state index contributed by atoms with van der Waals surface area (Å²) in [5.41, 5.74) is 0.822. The number of aromatic nitrogens is 1. The first-order chi connectivity index (χ1) is 8.25. The van der Waals surface area contributed by atoms with Gasteiger partial charge in [-0.15, -0.1) is 0 Å². The van der Waals surface area contributed by atoms with E-state index in [0.717, 1.165) is 24.2 Å². The molecule has 0 unspecified atom stereocenters. The van der Waals surface area contributed by atoms with E-state index in [1.165, 1.54) is 12.4 Å². The molecule has 2 amide bonds. The van der Waals surface area contributed by atoms with Crippen molar-refractivity contribution in [2.24, 2.45) is 0 Å². The maximum Gasteiger partial charge on any atom is 0.267 e. The fourth-order valence-electron chi connectivity index (χ4n) is 1.74. The zero-order chi connectivity index (χ0) is 12.3. The molecule has 0 saturated carbocycles. The summed E-state index contributed by atoms with van der Waals surface area (Å²) >= 11 is 0. The normalized spacial score (nSPS) is 14.8. The van der Waals surface area contributed by atoms with Gasteiger partial charge in [-0.25, -0.2) is 4.90 Å². The van der Waals surface area contributed by atoms with Gasteiger partial charge in [-0.1, -0.05) is 25.8 Å². The number of carbonyl (C=O) groups is 2. The second kappa shape index (κ2) is 4.91. The lowest BCUT2D eigenvalue weighted by Crippen LogP contribution is -2.23. The summed E-state index contributed by atoms with van der Waals surface area (Å²) in [6.45, 7) is 2.10. The summed E-state index contributed by atoms with van der Waals surface area (Å²) < 4.78 is 0. The van der Waals surface area contributed by atoms with Gasteiger partial charge >= 0.3 is 0 Å². The van der Waals surface area contributed by atoms with Crippen molar-refractivity contribution in [3.63, 3.8) is 0 Å². The smallest absolute Gasteiger partial charge is 0.267 e. The van der Waals surface area contributed by atoms with E-state index in [1.54, 1.807) is 12.3 Å². The van der Waals surface area contributed by atoms with E-state index < -0.39 is 0 Å². The molecule has 0 bridgehead atoms. The van der Waals surface area contributed by atoms with Crippen molar-refractivity contribution in [2.75, 3.05) is 0 Å². The van der Waals surface area contributed by atoms with Gasteiger partial charge in [-0.3, -0.25) is 14.6 Å². The summed E-state index contributed by atoms with van der Waals surface area (Å²) in [5.74, 6) is -0.550. The third kappa shape index (κ3) is 2.11. The molecule has 0 aliphatic carbocycles. The van der Waals surface area contributed by atoms with Gasteiger partial charge < -0.3 is 0 Å². The van der Waals surface area contributed by atoms with Crippen molar-refractivity contribution in [3.05, 3.63) is 41.9 Å². The SMILES string of the molecule is CCCCC=CN1C(=O)c2ccncc2C1=O. The van der Waals surface area contributed by atoms with Crippen LogP contribution in [-0.4, -0.2) is 21.7 Å². The maximum absolute atomic E-state index is 11.9. The lowest BCUT2D eigenvalue weighted by Gasteiger charge is -2.06. The molecule has 1 aliphatic rings. The third-order valence-corrected chi connectivity index (χ3v) is 2.70. The predicted molar refractivity (Wildman–Crippen MR) is 63.4 cm³/mol. The Morgan fingerprint density at radius 2 is 2.06 bits per heavy atom. The number of unbranched alkanes of at least 4 members (excludes halogenated alkanes) is 2. The molecule has 0 fully saturated rings. The Morgan fingerprint density at radius 1 is 1.29 bits per heavy atom. The van der Waals surface area contributed by atoms with Gasteiger partial charge in [0.25, 0.3) is 11.8 Å². The topological polar surface area (TPSA) is 50.3 Å². The zero-order valence-electron chi connectivity index (χ0n) is 9.72. The van der Waals surface area contributed by atoms with E-state index in [0.29, 0.717) is 11.1 Å². The Hall–Kier alpha value is -1.97. The molecule has 0 saturated heterocycles. The second-order valence-electron chi connectivity index (χ2n) is 3.93. The minimum absolute atomic E-state index is 0.264. The molecule has 4 nitrogen and oxygen atoms in total. The highest BCUT2D eigenvalue weighted by atomic mass is 16.2. The molecule has 17 heavy (non-hydrogen) atoms. The van der Waals surface area contributed by atoms with Crippen LogP contribution in [-0.2, 0) is 0 Å². The average Bonchev–Trinajstić information content (AvgIpc) is 2.60. The zero-order valence-corrected chi connectivity index (χ0v) is 9.72. The van der Waals surface area contributed by atoms with Crippen LogP contribution in [0.4, 0.5) is 0 Å². The lowest BCUT2D eigenvalue weighted by atomic mass is 10.2. The molecule has 0 atom stereocenters. The van der Waals surface area contributed by atoms with E-state index in [1.807, 2.05) is 6.08 Å². The number of allylic oxidation sites excluding steroid dienone is 1. The summed E-state index contributed by atoms with van der Waals surface area (Å²) in [6, 6.07) is 1.58. The van der Waals surface area contributed by atoms with Crippen LogP contribution in [0.5, 0.6) is 0 Å². The predicted octanol–water partition coefficient (Wildman–Crippen LogP) is 2.38. The summed E-state index contributed by atoms with van der Waals surface area (Å²) in [7, 11) is 0. The third-order valence-electron chi connectivity index (χ3n) is 2.70. The summed E-state index contributed by atoms with van der Waals surface area (Å²) in [5, 5.41) is 0. The van der Waals surface area contributed by atoms with Crippen LogP contribution < -0.4 is 0 Å². The first kappa shape index (κ1) is 11.5. The van der Waals surface area contributed by atoms with Crippen LogP contribution in [0.3, 0.4) is 0 Å². The fourth-order valence-corrected chi connectivity index (χ4v) is 1.74. The Labute approximate surface area is 100.0 Å². The molecule has 1 aliphatic heterocycles. The van der Waals surface area contributed by atoms with Crippen molar-refractivity contribution < 1.29 is 9.59 Å². The summed E-state index contributed by atoms with van der Waals surface area (Å²) in [4.78, 5) is 28.8. The number of pyridine rings is 1. The minimum atomic E-state index is -0.286. The molecule has 2 rings (SSSR count). The second-order valence-corrected chi connectivity index (χ2v) is 3.93. The molecule has 88 valence electrons. The van der Waals surface area contributed by atoms with Crippen molar-refractivity contribution in [2.45, 2.75) is 26.2 Å². The number of imide groups is 1. The van der Waals surface area contributed by atoms with Crippen LogP contribution in [0, 0.1) is 0 Å². The molecule has 0 spiro atoms. The van der Waals surface area contributed by atoms with Crippen LogP contribution in [0.15, 0.2) is 30.7 Å². The maximum atomic E-state index is 11.9. The molecule has 4 heteroatoms. The monoisotopic (exact) mass is 230 g/mol. The Bertz CT molecular complexity index is 445. The first-order valence-electron chi connectivity index (χ1n) is 5.74. The molecule has 0 aromatic carbocycles. The van der Waals surface area contributed by atoms with E-state index >= 15 is 0 Å². The largest absolute Gasteiger partial charge is 0.268 e. The van der Waals surface area contributed by atoms with Gasteiger partial charge in [0, 0.05) is 18.6 Å². The van der Waals surface area contributed by atoms with E-state index in [9.17, 15) is 9.59 Å². The van der Waals surface area contributed by atoms with Crippen LogP contribution in [0.1, 0.15) is 46.9 Å².